The van der Waals surface area contributed by atoms with E-state index in [2.05, 4.69) is 12.2 Å². The Morgan fingerprint density at radius 3 is 2.11 bits per heavy atom. The zero-order valence-corrected chi connectivity index (χ0v) is 11.4. The summed E-state index contributed by atoms with van der Waals surface area (Å²) in [5.74, 6) is -3.39. The van der Waals surface area contributed by atoms with Crippen LogP contribution in [-0.2, 0) is 9.59 Å². The third-order valence-electron chi connectivity index (χ3n) is 2.97. The zero-order chi connectivity index (χ0) is 15.0. The van der Waals surface area contributed by atoms with Gasteiger partial charge in [0, 0.05) is 19.4 Å². The summed E-state index contributed by atoms with van der Waals surface area (Å²) in [7, 11) is 0. The molecule has 1 atom stereocenters. The van der Waals surface area contributed by atoms with E-state index in [1.165, 1.54) is 0 Å². The first-order valence-electron chi connectivity index (χ1n) is 5.63. The number of piperidine rings is 1. The van der Waals surface area contributed by atoms with E-state index in [9.17, 15) is 22.8 Å². The minimum Gasteiger partial charge on any atom is -0.393 e. The Morgan fingerprint density at radius 1 is 1.37 bits per heavy atom. The van der Waals surface area contributed by atoms with Gasteiger partial charge in [-0.2, -0.15) is 13.2 Å². The molecule has 1 aliphatic rings. The molecule has 2 N–H and O–H groups in total. The molecule has 0 spiro atoms. The second-order valence-corrected chi connectivity index (χ2v) is 5.88. The number of nitrogens with two attached hydrogens (primary N) is 1. The van der Waals surface area contributed by atoms with Crippen molar-refractivity contribution in [3.05, 3.63) is 0 Å². The Bertz CT molecular complexity index is 401. The zero-order valence-electron chi connectivity index (χ0n) is 10.6. The van der Waals surface area contributed by atoms with Crippen molar-refractivity contribution in [2.45, 2.75) is 32.9 Å². The summed E-state index contributed by atoms with van der Waals surface area (Å²) >= 11 is 4.36. The first-order chi connectivity index (χ1) is 8.44. The Balaban J connectivity index is 2.89. The van der Waals surface area contributed by atoms with Gasteiger partial charge in [0.2, 0.25) is 11.8 Å². The minimum atomic E-state index is -4.67. The molecule has 19 heavy (non-hydrogen) atoms. The second kappa shape index (κ2) is 5.07. The molecular weight excluding hydrogens is 281 g/mol. The van der Waals surface area contributed by atoms with Crippen molar-refractivity contribution in [3.63, 3.8) is 0 Å². The van der Waals surface area contributed by atoms with Crippen LogP contribution in [0.3, 0.4) is 0 Å². The van der Waals surface area contributed by atoms with Gasteiger partial charge in [0.25, 0.3) is 0 Å². The molecule has 1 unspecified atom stereocenters. The maximum absolute atomic E-state index is 12.7. The number of likely N-dealkylation sites (tertiary alicyclic amines) is 1. The lowest BCUT2D eigenvalue weighted by Gasteiger charge is -2.36. The smallest absolute Gasteiger partial charge is 0.393 e. The van der Waals surface area contributed by atoms with Crippen LogP contribution in [0.2, 0.25) is 0 Å². The molecular formula is C11H15F3N2O2S. The Morgan fingerprint density at radius 2 is 1.79 bits per heavy atom. The highest BCUT2D eigenvalue weighted by molar-refractivity contribution is 7.80. The van der Waals surface area contributed by atoms with E-state index in [-0.39, 0.29) is 12.8 Å². The molecule has 108 valence electrons. The maximum Gasteiger partial charge on any atom is 0.399 e. The number of amides is 2. The molecule has 0 aliphatic carbocycles. The molecule has 4 nitrogen and oxygen atoms in total. The van der Waals surface area contributed by atoms with Gasteiger partial charge in [0.15, 0.2) is 0 Å². The van der Waals surface area contributed by atoms with E-state index in [0.717, 1.165) is 0 Å². The van der Waals surface area contributed by atoms with Crippen molar-refractivity contribution in [1.82, 2.24) is 4.90 Å². The van der Waals surface area contributed by atoms with E-state index in [4.69, 9.17) is 5.73 Å². The lowest BCUT2D eigenvalue weighted by Crippen LogP contribution is -2.52. The Hall–Kier alpha value is -1.18. The van der Waals surface area contributed by atoms with Crippen LogP contribution in [-0.4, -0.2) is 34.4 Å². The van der Waals surface area contributed by atoms with Crippen LogP contribution >= 0.6 is 12.2 Å². The van der Waals surface area contributed by atoms with Gasteiger partial charge in [-0.1, -0.05) is 26.1 Å². The van der Waals surface area contributed by atoms with Crippen molar-refractivity contribution >= 4 is 29.0 Å². The fourth-order valence-electron chi connectivity index (χ4n) is 1.95. The summed E-state index contributed by atoms with van der Waals surface area (Å²) < 4.78 is 38.1. The van der Waals surface area contributed by atoms with Crippen LogP contribution < -0.4 is 5.73 Å². The van der Waals surface area contributed by atoms with Crippen LogP contribution in [0.15, 0.2) is 0 Å². The van der Waals surface area contributed by atoms with Gasteiger partial charge < -0.3 is 5.73 Å². The van der Waals surface area contributed by atoms with Crippen molar-refractivity contribution in [3.8, 4) is 0 Å². The molecule has 1 saturated heterocycles. The van der Waals surface area contributed by atoms with Crippen molar-refractivity contribution < 1.29 is 22.8 Å². The van der Waals surface area contributed by atoms with E-state index in [0.29, 0.717) is 4.90 Å². The van der Waals surface area contributed by atoms with E-state index in [1.807, 2.05) is 0 Å². The number of hydrogen-bond acceptors (Lipinski definition) is 3. The molecule has 1 aliphatic heterocycles. The molecule has 8 heteroatoms. The van der Waals surface area contributed by atoms with Crippen molar-refractivity contribution in [2.75, 3.05) is 6.54 Å². The highest BCUT2D eigenvalue weighted by Gasteiger charge is 2.46. The van der Waals surface area contributed by atoms with Crippen LogP contribution in [0.4, 0.5) is 13.2 Å². The van der Waals surface area contributed by atoms with Gasteiger partial charge in [-0.15, -0.1) is 0 Å². The molecule has 0 aromatic heterocycles. The average molecular weight is 296 g/mol. The third-order valence-corrected chi connectivity index (χ3v) is 3.25. The fraction of sp³-hybridized carbons (Fsp3) is 0.727. The van der Waals surface area contributed by atoms with Crippen LogP contribution in [0.1, 0.15) is 26.7 Å². The SMILES string of the molecule is CC1(C)CC(=O)N(CC(C(N)=S)C(F)(F)F)C(=O)C1. The highest BCUT2D eigenvalue weighted by Crippen LogP contribution is 2.34. The number of carbonyl (C=O) groups is 2. The predicted octanol–water partition coefficient (Wildman–Crippen LogP) is 1.63. The summed E-state index contributed by atoms with van der Waals surface area (Å²) in [6.07, 6.45) is -4.61. The molecule has 1 rings (SSSR count). The summed E-state index contributed by atoms with van der Waals surface area (Å²) in [5.41, 5.74) is 4.52. The number of carbonyl (C=O) groups excluding carboxylic acids is 2. The van der Waals surface area contributed by atoms with Crippen LogP contribution in [0, 0.1) is 11.3 Å². The van der Waals surface area contributed by atoms with E-state index in [1.54, 1.807) is 13.8 Å². The molecule has 1 fully saturated rings. The van der Waals surface area contributed by atoms with Gasteiger partial charge in [-0.05, 0) is 5.41 Å². The van der Waals surface area contributed by atoms with Crippen LogP contribution in [0.5, 0.6) is 0 Å². The fourth-order valence-corrected chi connectivity index (χ4v) is 2.16. The van der Waals surface area contributed by atoms with Gasteiger partial charge in [-0.25, -0.2) is 0 Å². The molecule has 0 bridgehead atoms. The molecule has 0 aromatic carbocycles. The molecule has 2 amide bonds. The monoisotopic (exact) mass is 296 g/mol. The quantitative estimate of drug-likeness (QED) is 0.635. The Labute approximate surface area is 114 Å². The van der Waals surface area contributed by atoms with Gasteiger partial charge >= 0.3 is 6.18 Å². The number of rotatable bonds is 3. The number of halogens is 3. The second-order valence-electron chi connectivity index (χ2n) is 5.41. The van der Waals surface area contributed by atoms with Crippen LogP contribution in [0.25, 0.3) is 0 Å². The topological polar surface area (TPSA) is 63.4 Å². The summed E-state index contributed by atoms with van der Waals surface area (Å²) in [6, 6.07) is 0. The molecule has 0 saturated carbocycles. The van der Waals surface area contributed by atoms with Crippen molar-refractivity contribution in [2.24, 2.45) is 17.1 Å². The normalized spacial score (nSPS) is 21.4. The molecule has 0 radical (unpaired) electrons. The number of imide groups is 1. The predicted molar refractivity (Wildman–Crippen MR) is 66.1 cm³/mol. The lowest BCUT2D eigenvalue weighted by atomic mass is 9.81. The maximum atomic E-state index is 12.7. The van der Waals surface area contributed by atoms with Crippen molar-refractivity contribution in [1.29, 1.82) is 0 Å². The Kier molecular flexibility index (Phi) is 4.23. The number of alkyl halides is 3. The van der Waals surface area contributed by atoms with Gasteiger partial charge in [0.05, 0.1) is 4.99 Å². The summed E-state index contributed by atoms with van der Waals surface area (Å²) in [4.78, 5) is 23.4. The lowest BCUT2D eigenvalue weighted by molar-refractivity contribution is -0.169. The first kappa shape index (κ1) is 15.9. The van der Waals surface area contributed by atoms with Gasteiger partial charge in [0.1, 0.15) is 5.92 Å². The standard InChI is InChI=1S/C11H15F3N2O2S/c1-10(2)3-7(17)16(8(18)4-10)5-6(9(15)19)11(12,13)14/h6H,3-5H2,1-2H3,(H2,15,19). The number of nitrogens with zero attached hydrogens (tertiary/aromatic N) is 1. The van der Waals surface area contributed by atoms with E-state index >= 15 is 0 Å². The highest BCUT2D eigenvalue weighted by atomic mass is 32.1. The summed E-state index contributed by atoms with van der Waals surface area (Å²) in [6.45, 7) is 2.61. The minimum absolute atomic E-state index is 0.0284. The average Bonchev–Trinajstić information content (AvgIpc) is 2.11. The van der Waals surface area contributed by atoms with Gasteiger partial charge in [-0.3, -0.25) is 14.5 Å². The number of hydrogen-bond donors (Lipinski definition) is 1. The summed E-state index contributed by atoms with van der Waals surface area (Å²) in [5, 5.41) is 0. The molecule has 0 aromatic rings. The van der Waals surface area contributed by atoms with E-state index < -0.39 is 40.9 Å². The third kappa shape index (κ3) is 3.89. The first-order valence-corrected chi connectivity index (χ1v) is 6.04. The number of thiocarbonyl (C=S) groups is 1. The molecule has 1 heterocycles. The largest absolute Gasteiger partial charge is 0.399 e.